The Hall–Kier alpha value is 0. The molecule has 6 atom stereocenters. The van der Waals surface area contributed by atoms with Crippen molar-refractivity contribution in [2.75, 3.05) is 0 Å². The van der Waals surface area contributed by atoms with Crippen molar-refractivity contribution in [3.05, 3.63) is 0 Å². The molecule has 0 heterocycles. The Kier molecular flexibility index (Phi) is 2.66. The topological polar surface area (TPSA) is 0 Å². The van der Waals surface area contributed by atoms with Gasteiger partial charge >= 0.3 is 0 Å². The number of hydrogen-bond donors (Lipinski definition) is 0. The molecule has 0 aromatic carbocycles. The Morgan fingerprint density at radius 2 is 1.79 bits per heavy atom. The van der Waals surface area contributed by atoms with Gasteiger partial charge in [0.2, 0.25) is 0 Å². The van der Waals surface area contributed by atoms with E-state index in [9.17, 15) is 0 Å². The summed E-state index contributed by atoms with van der Waals surface area (Å²) in [6.45, 7) is 12.2. The molecular formula is C14H26. The van der Waals surface area contributed by atoms with Crippen molar-refractivity contribution in [1.82, 2.24) is 0 Å². The summed E-state index contributed by atoms with van der Waals surface area (Å²) < 4.78 is 0. The third-order valence-electron chi connectivity index (χ3n) is 5.42. The summed E-state index contributed by atoms with van der Waals surface area (Å²) in [5.41, 5.74) is 0. The van der Waals surface area contributed by atoms with Crippen LogP contribution in [-0.4, -0.2) is 0 Å². The predicted molar refractivity (Wildman–Crippen MR) is 62.0 cm³/mol. The highest BCUT2D eigenvalue weighted by atomic mass is 14.6. The molecule has 2 saturated carbocycles. The summed E-state index contributed by atoms with van der Waals surface area (Å²) in [6, 6.07) is 0. The Balaban J connectivity index is 2.08. The van der Waals surface area contributed by atoms with E-state index in [2.05, 4.69) is 34.6 Å². The highest BCUT2D eigenvalue weighted by Gasteiger charge is 2.56. The van der Waals surface area contributed by atoms with E-state index in [0.717, 1.165) is 41.4 Å². The van der Waals surface area contributed by atoms with E-state index in [4.69, 9.17) is 0 Å². The second kappa shape index (κ2) is 3.54. The number of rotatable bonds is 2. The van der Waals surface area contributed by atoms with E-state index in [-0.39, 0.29) is 0 Å². The molecule has 0 nitrogen and oxygen atoms in total. The number of fused-ring (bicyclic) bond motifs is 1. The molecule has 0 amide bonds. The first-order valence-corrected chi connectivity index (χ1v) is 6.57. The molecule has 14 heavy (non-hydrogen) atoms. The Morgan fingerprint density at radius 3 is 2.29 bits per heavy atom. The van der Waals surface area contributed by atoms with Crippen molar-refractivity contribution in [3.63, 3.8) is 0 Å². The van der Waals surface area contributed by atoms with Gasteiger partial charge < -0.3 is 0 Å². The molecule has 0 spiro atoms. The third-order valence-corrected chi connectivity index (χ3v) is 5.42. The molecular weight excluding hydrogens is 168 g/mol. The van der Waals surface area contributed by atoms with Crippen molar-refractivity contribution in [2.24, 2.45) is 41.4 Å². The molecule has 0 N–H and O–H groups in total. The second-order valence-electron chi connectivity index (χ2n) is 6.18. The highest BCUT2D eigenvalue weighted by molar-refractivity contribution is 5.04. The zero-order valence-corrected chi connectivity index (χ0v) is 10.5. The first kappa shape index (κ1) is 10.5. The standard InChI is InChI=1S/C14H26/c1-6-11-7-12-13(8(2)3)10(5)14(12)9(11)4/h8-14H,6-7H2,1-5H3. The van der Waals surface area contributed by atoms with Gasteiger partial charge in [0.1, 0.15) is 0 Å². The largest absolute Gasteiger partial charge is 0.0651 e. The summed E-state index contributed by atoms with van der Waals surface area (Å²) in [4.78, 5) is 0. The van der Waals surface area contributed by atoms with E-state index >= 15 is 0 Å². The maximum Gasteiger partial charge on any atom is -0.0326 e. The van der Waals surface area contributed by atoms with Crippen LogP contribution < -0.4 is 0 Å². The van der Waals surface area contributed by atoms with Crippen LogP contribution in [0.1, 0.15) is 47.5 Å². The maximum atomic E-state index is 2.51. The molecule has 82 valence electrons. The third kappa shape index (κ3) is 1.26. The molecule has 2 aliphatic carbocycles. The van der Waals surface area contributed by atoms with Crippen LogP contribution in [0.25, 0.3) is 0 Å². The molecule has 0 aliphatic heterocycles. The van der Waals surface area contributed by atoms with Crippen LogP contribution in [0.2, 0.25) is 0 Å². The van der Waals surface area contributed by atoms with Crippen LogP contribution in [0.4, 0.5) is 0 Å². The van der Waals surface area contributed by atoms with Gasteiger partial charge in [0, 0.05) is 0 Å². The molecule has 0 saturated heterocycles. The monoisotopic (exact) mass is 194 g/mol. The first-order valence-electron chi connectivity index (χ1n) is 6.57. The van der Waals surface area contributed by atoms with Gasteiger partial charge in [-0.25, -0.2) is 0 Å². The molecule has 2 rings (SSSR count). The first-order chi connectivity index (χ1) is 6.57. The molecule has 0 heteroatoms. The maximum absolute atomic E-state index is 2.51. The van der Waals surface area contributed by atoms with Gasteiger partial charge in [0.15, 0.2) is 0 Å². The minimum absolute atomic E-state index is 0.911. The zero-order valence-electron chi connectivity index (χ0n) is 10.5. The zero-order chi connectivity index (χ0) is 10.5. The molecule has 6 unspecified atom stereocenters. The van der Waals surface area contributed by atoms with E-state index in [1.165, 1.54) is 12.8 Å². The van der Waals surface area contributed by atoms with Crippen molar-refractivity contribution in [1.29, 1.82) is 0 Å². The Labute approximate surface area is 89.5 Å². The van der Waals surface area contributed by atoms with Gasteiger partial charge in [-0.3, -0.25) is 0 Å². The van der Waals surface area contributed by atoms with Gasteiger partial charge in [-0.2, -0.15) is 0 Å². The van der Waals surface area contributed by atoms with Crippen LogP contribution in [0.15, 0.2) is 0 Å². The lowest BCUT2D eigenvalue weighted by Crippen LogP contribution is -2.46. The fraction of sp³-hybridized carbons (Fsp3) is 1.00. The van der Waals surface area contributed by atoms with Crippen LogP contribution >= 0.6 is 0 Å². The van der Waals surface area contributed by atoms with Crippen molar-refractivity contribution < 1.29 is 0 Å². The lowest BCUT2D eigenvalue weighted by Gasteiger charge is -2.51. The van der Waals surface area contributed by atoms with Crippen molar-refractivity contribution in [3.8, 4) is 0 Å². The average molecular weight is 194 g/mol. The minimum Gasteiger partial charge on any atom is -0.0651 e. The SMILES string of the molecule is CCC1CC2C(C(C)C)C(C)C2C1C. The molecule has 2 fully saturated rings. The lowest BCUT2D eigenvalue weighted by atomic mass is 9.54. The molecule has 0 radical (unpaired) electrons. The molecule has 2 aliphatic rings. The second-order valence-corrected chi connectivity index (χ2v) is 6.18. The summed E-state index contributed by atoms with van der Waals surface area (Å²) >= 11 is 0. The minimum atomic E-state index is 0.911. The van der Waals surface area contributed by atoms with Gasteiger partial charge in [0.25, 0.3) is 0 Å². The van der Waals surface area contributed by atoms with Gasteiger partial charge in [0.05, 0.1) is 0 Å². The fourth-order valence-electron chi connectivity index (χ4n) is 4.85. The van der Waals surface area contributed by atoms with Crippen molar-refractivity contribution >= 4 is 0 Å². The highest BCUT2D eigenvalue weighted by Crippen LogP contribution is 2.62. The van der Waals surface area contributed by atoms with E-state index in [1.54, 1.807) is 0 Å². The van der Waals surface area contributed by atoms with Gasteiger partial charge in [-0.15, -0.1) is 0 Å². The van der Waals surface area contributed by atoms with Gasteiger partial charge in [-0.05, 0) is 47.8 Å². The normalized spacial score (nSPS) is 51.9. The van der Waals surface area contributed by atoms with Crippen LogP contribution in [0, 0.1) is 41.4 Å². The molecule has 0 aromatic heterocycles. The van der Waals surface area contributed by atoms with Crippen LogP contribution in [0.5, 0.6) is 0 Å². The Bertz CT molecular complexity index is 206. The van der Waals surface area contributed by atoms with Crippen molar-refractivity contribution in [2.45, 2.75) is 47.5 Å². The predicted octanol–water partition coefficient (Wildman–Crippen LogP) is 4.21. The summed E-state index contributed by atoms with van der Waals surface area (Å²) in [5, 5.41) is 0. The van der Waals surface area contributed by atoms with Crippen LogP contribution in [0.3, 0.4) is 0 Å². The number of hydrogen-bond acceptors (Lipinski definition) is 0. The Morgan fingerprint density at radius 1 is 1.14 bits per heavy atom. The fourth-order valence-corrected chi connectivity index (χ4v) is 4.85. The summed E-state index contributed by atoms with van der Waals surface area (Å²) in [5.74, 6) is 7.17. The smallest absolute Gasteiger partial charge is 0.0326 e. The quantitative estimate of drug-likeness (QED) is 0.618. The summed E-state index contributed by atoms with van der Waals surface area (Å²) in [7, 11) is 0. The van der Waals surface area contributed by atoms with E-state index in [0.29, 0.717) is 0 Å². The van der Waals surface area contributed by atoms with Gasteiger partial charge in [-0.1, -0.05) is 41.0 Å². The van der Waals surface area contributed by atoms with Crippen LogP contribution in [-0.2, 0) is 0 Å². The molecule has 0 bridgehead atoms. The van der Waals surface area contributed by atoms with E-state index in [1.807, 2.05) is 0 Å². The summed E-state index contributed by atoms with van der Waals surface area (Å²) in [6.07, 6.45) is 2.95. The molecule has 0 aromatic rings. The van der Waals surface area contributed by atoms with E-state index < -0.39 is 0 Å². The average Bonchev–Trinajstić information content (AvgIpc) is 2.36. The lowest BCUT2D eigenvalue weighted by molar-refractivity contribution is -0.0355.